The van der Waals surface area contributed by atoms with Crippen LogP contribution in [0.4, 0.5) is 18.3 Å². The Morgan fingerprint density at radius 3 is 2.33 bits per heavy atom. The van der Waals surface area contributed by atoms with Gasteiger partial charge < -0.3 is 5.32 Å². The quantitative estimate of drug-likeness (QED) is 0.343. The molecule has 2 amide bonds. The highest BCUT2D eigenvalue weighted by atomic mass is 32.1. The first-order chi connectivity index (χ1) is 17.2. The minimum Gasteiger partial charge on any atom is -0.340 e. The molecule has 0 saturated heterocycles. The van der Waals surface area contributed by atoms with Crippen LogP contribution in [0.2, 0.25) is 0 Å². The third kappa shape index (κ3) is 6.33. The minimum atomic E-state index is -4.51. The molecule has 1 aromatic heterocycles. The van der Waals surface area contributed by atoms with E-state index in [9.17, 15) is 22.8 Å². The summed E-state index contributed by atoms with van der Waals surface area (Å²) in [6, 6.07) is 19.6. The topological polar surface area (TPSA) is 84.0 Å². The summed E-state index contributed by atoms with van der Waals surface area (Å²) in [6.07, 6.45) is -4.34. The van der Waals surface area contributed by atoms with Crippen LogP contribution in [0.25, 0.3) is 10.6 Å². The number of benzene rings is 3. The summed E-state index contributed by atoms with van der Waals surface area (Å²) in [7, 11) is 0. The Hall–Kier alpha value is -4.05. The van der Waals surface area contributed by atoms with Gasteiger partial charge in [0.25, 0.3) is 5.91 Å². The smallest absolute Gasteiger partial charge is 0.340 e. The Labute approximate surface area is 209 Å². The van der Waals surface area contributed by atoms with Gasteiger partial charge in [-0.05, 0) is 42.8 Å². The summed E-state index contributed by atoms with van der Waals surface area (Å²) < 4.78 is 38.6. The Balaban J connectivity index is 1.51. The van der Waals surface area contributed by atoms with E-state index >= 15 is 0 Å². The van der Waals surface area contributed by atoms with E-state index in [2.05, 4.69) is 20.8 Å². The molecule has 0 aliphatic carbocycles. The summed E-state index contributed by atoms with van der Waals surface area (Å²) in [4.78, 5) is 25.9. The number of carbonyl (C=O) groups excluding carboxylic acids is 2. The van der Waals surface area contributed by atoms with Crippen LogP contribution in [0.1, 0.15) is 27.0 Å². The van der Waals surface area contributed by atoms with Gasteiger partial charge in [-0.2, -0.15) is 13.2 Å². The zero-order valence-corrected chi connectivity index (χ0v) is 19.9. The Morgan fingerprint density at radius 2 is 1.67 bits per heavy atom. The third-order valence-electron chi connectivity index (χ3n) is 5.30. The van der Waals surface area contributed by atoms with E-state index in [1.54, 1.807) is 12.1 Å². The highest BCUT2D eigenvalue weighted by molar-refractivity contribution is 7.18. The number of alkyl halides is 3. The molecule has 0 saturated carbocycles. The molecule has 0 aliphatic rings. The van der Waals surface area contributed by atoms with E-state index in [4.69, 9.17) is 0 Å². The van der Waals surface area contributed by atoms with E-state index < -0.39 is 29.6 Å². The molecule has 1 atom stereocenters. The predicted molar refractivity (Wildman–Crippen MR) is 132 cm³/mol. The molecule has 0 spiro atoms. The summed E-state index contributed by atoms with van der Waals surface area (Å²) in [5.74, 6) is -1.19. The van der Waals surface area contributed by atoms with Crippen LogP contribution < -0.4 is 10.6 Å². The molecule has 0 aliphatic heterocycles. The van der Waals surface area contributed by atoms with E-state index in [-0.39, 0.29) is 17.1 Å². The number of rotatable bonds is 7. The lowest BCUT2D eigenvalue weighted by molar-refractivity contribution is -0.137. The zero-order valence-electron chi connectivity index (χ0n) is 19.0. The molecule has 184 valence electrons. The van der Waals surface area contributed by atoms with Crippen LogP contribution in [-0.2, 0) is 17.4 Å². The van der Waals surface area contributed by atoms with Crippen molar-refractivity contribution in [3.05, 3.63) is 101 Å². The largest absolute Gasteiger partial charge is 0.416 e. The highest BCUT2D eigenvalue weighted by Gasteiger charge is 2.30. The summed E-state index contributed by atoms with van der Waals surface area (Å²) in [5.41, 5.74) is 1.86. The van der Waals surface area contributed by atoms with Crippen LogP contribution in [0.5, 0.6) is 0 Å². The molecule has 0 radical (unpaired) electrons. The Morgan fingerprint density at radius 1 is 0.944 bits per heavy atom. The van der Waals surface area contributed by atoms with Gasteiger partial charge in [-0.1, -0.05) is 65.4 Å². The molecule has 36 heavy (non-hydrogen) atoms. The first kappa shape index (κ1) is 25.1. The van der Waals surface area contributed by atoms with Crippen LogP contribution in [0.3, 0.4) is 0 Å². The van der Waals surface area contributed by atoms with Gasteiger partial charge in [-0.25, -0.2) is 0 Å². The minimum absolute atomic E-state index is 0.00603. The van der Waals surface area contributed by atoms with Crippen molar-refractivity contribution in [3.63, 3.8) is 0 Å². The van der Waals surface area contributed by atoms with E-state index in [1.165, 1.54) is 11.3 Å². The van der Waals surface area contributed by atoms with Crippen LogP contribution in [0.15, 0.2) is 78.9 Å². The lowest BCUT2D eigenvalue weighted by Gasteiger charge is -2.18. The molecular formula is C26H21F3N4O2S. The predicted octanol–water partition coefficient (Wildman–Crippen LogP) is 5.51. The van der Waals surface area contributed by atoms with E-state index in [0.29, 0.717) is 5.01 Å². The van der Waals surface area contributed by atoms with Gasteiger partial charge in [-0.15, -0.1) is 10.2 Å². The fraction of sp³-hybridized carbons (Fsp3) is 0.154. The lowest BCUT2D eigenvalue weighted by Crippen LogP contribution is -2.45. The maximum Gasteiger partial charge on any atom is 0.416 e. The standard InChI is InChI=1S/C26H21F3N4O2S/c1-16-6-5-9-19(14-16)24-32-33-25(36-24)31-23(35)21(15-17-7-3-2-4-8-17)30-22(34)18-10-12-20(13-11-18)26(27,28)29/h2-14,21H,15H2,1H3,(H,30,34)(H,31,33,35). The van der Waals surface area contributed by atoms with Crippen LogP contribution in [0, 0.1) is 6.92 Å². The summed E-state index contributed by atoms with van der Waals surface area (Å²) >= 11 is 1.19. The van der Waals surface area contributed by atoms with Crippen molar-refractivity contribution in [2.24, 2.45) is 0 Å². The maximum atomic E-state index is 13.1. The average molecular weight is 511 g/mol. The van der Waals surface area contributed by atoms with Gasteiger partial charge >= 0.3 is 6.18 Å². The summed E-state index contributed by atoms with van der Waals surface area (Å²) in [6.45, 7) is 1.96. The number of amides is 2. The number of hydrogen-bond acceptors (Lipinski definition) is 5. The fourth-order valence-electron chi connectivity index (χ4n) is 3.47. The third-order valence-corrected chi connectivity index (χ3v) is 6.19. The van der Waals surface area contributed by atoms with Crippen molar-refractivity contribution in [1.29, 1.82) is 0 Å². The highest BCUT2D eigenvalue weighted by Crippen LogP contribution is 2.29. The van der Waals surface area contributed by atoms with Gasteiger partial charge in [0, 0.05) is 17.5 Å². The molecule has 0 fully saturated rings. The van der Waals surface area contributed by atoms with Crippen molar-refractivity contribution in [1.82, 2.24) is 15.5 Å². The van der Waals surface area contributed by atoms with E-state index in [0.717, 1.165) is 41.0 Å². The number of nitrogens with one attached hydrogen (secondary N) is 2. The summed E-state index contributed by atoms with van der Waals surface area (Å²) in [5, 5.41) is 14.4. The second kappa shape index (κ2) is 10.7. The molecule has 6 nitrogen and oxygen atoms in total. The van der Waals surface area contributed by atoms with Gasteiger partial charge in [-0.3, -0.25) is 14.9 Å². The molecule has 4 aromatic rings. The SMILES string of the molecule is Cc1cccc(-c2nnc(NC(=O)C(Cc3ccccc3)NC(=O)c3ccc(C(F)(F)F)cc3)s2)c1. The Kier molecular flexibility index (Phi) is 7.44. The van der Waals surface area contributed by atoms with Gasteiger partial charge in [0.15, 0.2) is 0 Å². The van der Waals surface area contributed by atoms with Crippen molar-refractivity contribution in [2.45, 2.75) is 25.6 Å². The molecule has 0 bridgehead atoms. The number of aryl methyl sites for hydroxylation is 1. The number of aromatic nitrogens is 2. The second-order valence-electron chi connectivity index (χ2n) is 8.06. The molecule has 10 heteroatoms. The number of anilines is 1. The molecular weight excluding hydrogens is 489 g/mol. The van der Waals surface area contributed by atoms with Crippen LogP contribution in [-0.4, -0.2) is 28.1 Å². The molecule has 4 rings (SSSR count). The molecule has 2 N–H and O–H groups in total. The zero-order chi connectivity index (χ0) is 25.7. The van der Waals surface area contributed by atoms with Crippen molar-refractivity contribution < 1.29 is 22.8 Å². The first-order valence-corrected chi connectivity index (χ1v) is 11.7. The monoisotopic (exact) mass is 510 g/mol. The average Bonchev–Trinajstić information content (AvgIpc) is 3.32. The van der Waals surface area contributed by atoms with Crippen LogP contribution >= 0.6 is 11.3 Å². The fourth-order valence-corrected chi connectivity index (χ4v) is 4.22. The molecule has 1 heterocycles. The Bertz CT molecular complexity index is 1360. The van der Waals surface area contributed by atoms with Gasteiger partial charge in [0.2, 0.25) is 11.0 Å². The number of hydrogen-bond donors (Lipinski definition) is 2. The second-order valence-corrected chi connectivity index (χ2v) is 9.04. The van der Waals surface area contributed by atoms with E-state index in [1.807, 2.05) is 49.4 Å². The van der Waals surface area contributed by atoms with Crippen molar-refractivity contribution >= 4 is 28.3 Å². The first-order valence-electron chi connectivity index (χ1n) is 10.9. The van der Waals surface area contributed by atoms with Crippen molar-refractivity contribution in [2.75, 3.05) is 5.32 Å². The maximum absolute atomic E-state index is 13.1. The van der Waals surface area contributed by atoms with Gasteiger partial charge in [0.05, 0.1) is 5.56 Å². The molecule has 1 unspecified atom stereocenters. The molecule has 3 aromatic carbocycles. The lowest BCUT2D eigenvalue weighted by atomic mass is 10.0. The number of halogens is 3. The van der Waals surface area contributed by atoms with Crippen molar-refractivity contribution in [3.8, 4) is 10.6 Å². The number of carbonyl (C=O) groups is 2. The number of nitrogens with zero attached hydrogens (tertiary/aromatic N) is 2. The van der Waals surface area contributed by atoms with Gasteiger partial charge in [0.1, 0.15) is 11.0 Å². The normalized spacial score (nSPS) is 12.1.